The summed E-state index contributed by atoms with van der Waals surface area (Å²) in [7, 11) is 0. The summed E-state index contributed by atoms with van der Waals surface area (Å²) < 4.78 is 36.7. The summed E-state index contributed by atoms with van der Waals surface area (Å²) in [5.41, 5.74) is 5.30. The first-order valence-electron chi connectivity index (χ1n) is 5.72. The number of halogens is 3. The van der Waals surface area contributed by atoms with Crippen molar-refractivity contribution in [1.29, 1.82) is 0 Å². The summed E-state index contributed by atoms with van der Waals surface area (Å²) in [5, 5.41) is 3.06. The predicted molar refractivity (Wildman–Crippen MR) is 57.3 cm³/mol. The Bertz CT molecular complexity index is 258. The Kier molecular flexibility index (Phi) is 5.20. The molecule has 0 aliphatic carbocycles. The van der Waals surface area contributed by atoms with E-state index in [1.807, 2.05) is 0 Å². The van der Waals surface area contributed by atoms with Gasteiger partial charge in [0.15, 0.2) is 0 Å². The van der Waals surface area contributed by atoms with Crippen molar-refractivity contribution in [2.24, 2.45) is 11.7 Å². The fourth-order valence-electron chi connectivity index (χ4n) is 2.00. The highest BCUT2D eigenvalue weighted by Gasteiger charge is 2.43. The molecule has 0 aromatic rings. The highest BCUT2D eigenvalue weighted by molar-refractivity contribution is 5.81. The van der Waals surface area contributed by atoms with Gasteiger partial charge in [-0.25, -0.2) is 0 Å². The van der Waals surface area contributed by atoms with Crippen molar-refractivity contribution in [2.75, 3.05) is 32.7 Å². The van der Waals surface area contributed by atoms with Crippen LogP contribution in [-0.2, 0) is 4.79 Å². The van der Waals surface area contributed by atoms with Crippen LogP contribution in [0.15, 0.2) is 0 Å². The summed E-state index contributed by atoms with van der Waals surface area (Å²) in [6.45, 7) is 2.13. The van der Waals surface area contributed by atoms with Gasteiger partial charge in [-0.05, 0) is 25.3 Å². The third-order valence-corrected chi connectivity index (χ3v) is 2.80. The summed E-state index contributed by atoms with van der Waals surface area (Å²) in [6.07, 6.45) is -3.29. The van der Waals surface area contributed by atoms with E-state index < -0.39 is 12.1 Å². The van der Waals surface area contributed by atoms with Gasteiger partial charge >= 0.3 is 12.1 Å². The number of carbonyl (C=O) groups is 1. The molecule has 1 atom stereocenters. The average Bonchev–Trinajstić information content (AvgIpc) is 2.28. The van der Waals surface area contributed by atoms with E-state index in [9.17, 15) is 18.0 Å². The molecule has 1 rings (SSSR count). The monoisotopic (exact) mass is 253 g/mol. The Morgan fingerprint density at radius 2 is 2.18 bits per heavy atom. The Hall–Kier alpha value is -0.820. The van der Waals surface area contributed by atoms with Crippen LogP contribution in [-0.4, -0.2) is 49.7 Å². The van der Waals surface area contributed by atoms with Crippen molar-refractivity contribution in [1.82, 2.24) is 10.2 Å². The van der Waals surface area contributed by atoms with Crippen LogP contribution in [0, 0.1) is 5.92 Å². The molecule has 0 aromatic heterocycles. The van der Waals surface area contributed by atoms with E-state index in [4.69, 9.17) is 5.73 Å². The first kappa shape index (κ1) is 14.2. The van der Waals surface area contributed by atoms with E-state index in [1.165, 1.54) is 0 Å². The molecule has 17 heavy (non-hydrogen) atoms. The van der Waals surface area contributed by atoms with Crippen molar-refractivity contribution in [3.63, 3.8) is 0 Å². The SMILES string of the molecule is NCCNCC1CCCN(C(=O)C(F)(F)F)C1. The van der Waals surface area contributed by atoms with E-state index in [0.29, 0.717) is 26.1 Å². The Morgan fingerprint density at radius 3 is 2.76 bits per heavy atom. The number of piperidine rings is 1. The number of hydrogen-bond donors (Lipinski definition) is 2. The maximum Gasteiger partial charge on any atom is 0.471 e. The number of amides is 1. The molecule has 1 heterocycles. The van der Waals surface area contributed by atoms with Crippen molar-refractivity contribution >= 4 is 5.91 Å². The lowest BCUT2D eigenvalue weighted by Crippen LogP contribution is -2.48. The molecule has 100 valence electrons. The maximum atomic E-state index is 12.2. The third kappa shape index (κ3) is 4.51. The molecule has 1 aliphatic rings. The largest absolute Gasteiger partial charge is 0.471 e. The molecule has 7 heteroatoms. The molecular formula is C10H18F3N3O. The van der Waals surface area contributed by atoms with Crippen molar-refractivity contribution in [2.45, 2.75) is 19.0 Å². The average molecular weight is 253 g/mol. The second kappa shape index (κ2) is 6.20. The van der Waals surface area contributed by atoms with Crippen molar-refractivity contribution in [3.05, 3.63) is 0 Å². The van der Waals surface area contributed by atoms with Crippen LogP contribution in [0.5, 0.6) is 0 Å². The molecule has 1 unspecified atom stereocenters. The minimum Gasteiger partial charge on any atom is -0.335 e. The van der Waals surface area contributed by atoms with E-state index in [2.05, 4.69) is 5.32 Å². The van der Waals surface area contributed by atoms with Crippen LogP contribution in [0.4, 0.5) is 13.2 Å². The molecule has 1 amide bonds. The van der Waals surface area contributed by atoms with Crippen LogP contribution < -0.4 is 11.1 Å². The van der Waals surface area contributed by atoms with Crippen LogP contribution >= 0.6 is 0 Å². The Morgan fingerprint density at radius 1 is 1.47 bits per heavy atom. The molecular weight excluding hydrogens is 235 g/mol. The smallest absolute Gasteiger partial charge is 0.335 e. The molecule has 1 fully saturated rings. The van der Waals surface area contributed by atoms with Crippen LogP contribution in [0.25, 0.3) is 0 Å². The number of carbonyl (C=O) groups excluding carboxylic acids is 1. The highest BCUT2D eigenvalue weighted by atomic mass is 19.4. The third-order valence-electron chi connectivity index (χ3n) is 2.80. The number of nitrogens with one attached hydrogen (secondary N) is 1. The molecule has 0 aromatic carbocycles. The molecule has 4 nitrogen and oxygen atoms in total. The summed E-state index contributed by atoms with van der Waals surface area (Å²) in [6, 6.07) is 0. The maximum absolute atomic E-state index is 12.2. The fourth-order valence-corrected chi connectivity index (χ4v) is 2.00. The van der Waals surface area contributed by atoms with Gasteiger partial charge in [-0.15, -0.1) is 0 Å². The van der Waals surface area contributed by atoms with Gasteiger partial charge < -0.3 is 16.0 Å². The van der Waals surface area contributed by atoms with Gasteiger partial charge in [-0.1, -0.05) is 0 Å². The normalized spacial score (nSPS) is 21.6. The van der Waals surface area contributed by atoms with Gasteiger partial charge in [0.1, 0.15) is 0 Å². The lowest BCUT2D eigenvalue weighted by molar-refractivity contribution is -0.187. The van der Waals surface area contributed by atoms with Crippen molar-refractivity contribution in [3.8, 4) is 0 Å². The molecule has 3 N–H and O–H groups in total. The predicted octanol–water partition coefficient (Wildman–Crippen LogP) is 0.336. The van der Waals surface area contributed by atoms with E-state index >= 15 is 0 Å². The molecule has 1 aliphatic heterocycles. The number of alkyl halides is 3. The van der Waals surface area contributed by atoms with E-state index in [-0.39, 0.29) is 19.0 Å². The van der Waals surface area contributed by atoms with Gasteiger partial charge in [0.25, 0.3) is 0 Å². The van der Waals surface area contributed by atoms with Gasteiger partial charge in [-0.3, -0.25) is 4.79 Å². The van der Waals surface area contributed by atoms with E-state index in [0.717, 1.165) is 11.3 Å². The van der Waals surface area contributed by atoms with Gasteiger partial charge in [0.05, 0.1) is 0 Å². The first-order valence-corrected chi connectivity index (χ1v) is 5.72. The van der Waals surface area contributed by atoms with E-state index in [1.54, 1.807) is 0 Å². The zero-order valence-electron chi connectivity index (χ0n) is 9.59. The number of nitrogens with two attached hydrogens (primary N) is 1. The van der Waals surface area contributed by atoms with Gasteiger partial charge in [-0.2, -0.15) is 13.2 Å². The van der Waals surface area contributed by atoms with Gasteiger partial charge in [0.2, 0.25) is 0 Å². The van der Waals surface area contributed by atoms with Crippen LogP contribution in [0.3, 0.4) is 0 Å². The summed E-state index contributed by atoms with van der Waals surface area (Å²) >= 11 is 0. The molecule has 0 saturated carbocycles. The number of nitrogens with zero attached hydrogens (tertiary/aromatic N) is 1. The highest BCUT2D eigenvalue weighted by Crippen LogP contribution is 2.23. The van der Waals surface area contributed by atoms with Crippen LogP contribution in [0.1, 0.15) is 12.8 Å². The second-order valence-corrected chi connectivity index (χ2v) is 4.25. The Balaban J connectivity index is 2.41. The minimum atomic E-state index is -4.76. The second-order valence-electron chi connectivity index (χ2n) is 4.25. The number of hydrogen-bond acceptors (Lipinski definition) is 3. The minimum absolute atomic E-state index is 0.0848. The molecule has 0 radical (unpaired) electrons. The van der Waals surface area contributed by atoms with Crippen LogP contribution in [0.2, 0.25) is 0 Å². The first-order chi connectivity index (χ1) is 7.95. The summed E-state index contributed by atoms with van der Waals surface area (Å²) in [4.78, 5) is 12.0. The number of rotatable bonds is 4. The topological polar surface area (TPSA) is 58.4 Å². The molecule has 1 saturated heterocycles. The summed E-state index contributed by atoms with van der Waals surface area (Å²) in [5.74, 6) is -1.64. The standard InChI is InChI=1S/C10H18F3N3O/c11-10(12,13)9(17)16-5-1-2-8(7-16)6-15-4-3-14/h8,15H,1-7,14H2. The Labute approximate surface area is 98.3 Å². The number of likely N-dealkylation sites (tertiary alicyclic amines) is 1. The molecule has 0 spiro atoms. The zero-order valence-corrected chi connectivity index (χ0v) is 9.59. The van der Waals surface area contributed by atoms with Gasteiger partial charge in [0, 0.05) is 26.2 Å². The lowest BCUT2D eigenvalue weighted by atomic mass is 9.98. The van der Waals surface area contributed by atoms with Crippen molar-refractivity contribution < 1.29 is 18.0 Å². The molecule has 0 bridgehead atoms. The lowest BCUT2D eigenvalue weighted by Gasteiger charge is -2.33. The quantitative estimate of drug-likeness (QED) is 0.710. The fraction of sp³-hybridized carbons (Fsp3) is 0.900. The zero-order chi connectivity index (χ0) is 12.9.